The molecule has 1 rings (SSSR count). The summed E-state index contributed by atoms with van der Waals surface area (Å²) in [5.41, 5.74) is 5.59. The van der Waals surface area contributed by atoms with Crippen LogP contribution in [0.25, 0.3) is 0 Å². The van der Waals surface area contributed by atoms with E-state index in [2.05, 4.69) is 32.6 Å². The lowest BCUT2D eigenvalue weighted by Gasteiger charge is -2.36. The molecule has 0 aromatic heterocycles. The topological polar surface area (TPSA) is 47.7 Å². The SMILES string of the molecule is CC1CN(CCOC(C)(C)C)CC(CN)O1. The molecule has 2 unspecified atom stereocenters. The highest BCUT2D eigenvalue weighted by molar-refractivity contribution is 4.76. The molecular weight excluding hydrogens is 204 g/mol. The van der Waals surface area contributed by atoms with Gasteiger partial charge in [-0.2, -0.15) is 0 Å². The molecule has 0 saturated carbocycles. The standard InChI is InChI=1S/C12H26N2O2/c1-10-8-14(9-11(7-13)16-10)5-6-15-12(2,3)4/h10-11H,5-9,13H2,1-4H3. The number of hydrogen-bond donors (Lipinski definition) is 1. The smallest absolute Gasteiger partial charge is 0.0828 e. The van der Waals surface area contributed by atoms with Crippen LogP contribution in [0.1, 0.15) is 27.7 Å². The lowest BCUT2D eigenvalue weighted by Crippen LogP contribution is -2.50. The molecule has 0 amide bonds. The van der Waals surface area contributed by atoms with Gasteiger partial charge in [-0.05, 0) is 27.7 Å². The lowest BCUT2D eigenvalue weighted by atomic mass is 10.2. The molecule has 1 aliphatic heterocycles. The molecule has 1 saturated heterocycles. The molecule has 0 aromatic rings. The zero-order chi connectivity index (χ0) is 12.2. The number of hydrogen-bond acceptors (Lipinski definition) is 4. The molecular formula is C12H26N2O2. The van der Waals surface area contributed by atoms with Gasteiger partial charge in [0.05, 0.1) is 24.4 Å². The van der Waals surface area contributed by atoms with Gasteiger partial charge < -0.3 is 15.2 Å². The third kappa shape index (κ3) is 5.25. The molecule has 0 aliphatic carbocycles. The van der Waals surface area contributed by atoms with E-state index >= 15 is 0 Å². The molecule has 4 nitrogen and oxygen atoms in total. The van der Waals surface area contributed by atoms with Gasteiger partial charge in [-0.25, -0.2) is 0 Å². The fourth-order valence-electron chi connectivity index (χ4n) is 1.93. The van der Waals surface area contributed by atoms with Crippen LogP contribution in [0.4, 0.5) is 0 Å². The van der Waals surface area contributed by atoms with E-state index in [9.17, 15) is 0 Å². The van der Waals surface area contributed by atoms with Gasteiger partial charge in [0, 0.05) is 26.2 Å². The minimum Gasteiger partial charge on any atom is -0.375 e. The van der Waals surface area contributed by atoms with Crippen molar-refractivity contribution >= 4 is 0 Å². The average Bonchev–Trinajstić information content (AvgIpc) is 2.14. The highest BCUT2D eigenvalue weighted by Crippen LogP contribution is 2.11. The average molecular weight is 230 g/mol. The fourth-order valence-corrected chi connectivity index (χ4v) is 1.93. The second-order valence-electron chi connectivity index (χ2n) is 5.52. The second-order valence-corrected chi connectivity index (χ2v) is 5.52. The van der Waals surface area contributed by atoms with Gasteiger partial charge in [-0.3, -0.25) is 4.90 Å². The molecule has 4 heteroatoms. The molecule has 0 radical (unpaired) electrons. The van der Waals surface area contributed by atoms with Gasteiger partial charge >= 0.3 is 0 Å². The maximum absolute atomic E-state index is 5.72. The van der Waals surface area contributed by atoms with Crippen molar-refractivity contribution in [2.24, 2.45) is 5.73 Å². The quantitative estimate of drug-likeness (QED) is 0.778. The summed E-state index contributed by atoms with van der Waals surface area (Å²) in [5, 5.41) is 0. The van der Waals surface area contributed by atoms with Crippen molar-refractivity contribution in [2.75, 3.05) is 32.8 Å². The molecule has 16 heavy (non-hydrogen) atoms. The molecule has 1 aliphatic rings. The normalized spacial score (nSPS) is 28.3. The van der Waals surface area contributed by atoms with E-state index in [1.807, 2.05) is 0 Å². The maximum atomic E-state index is 5.72. The van der Waals surface area contributed by atoms with Crippen LogP contribution in [0, 0.1) is 0 Å². The van der Waals surface area contributed by atoms with Crippen LogP contribution in [0.2, 0.25) is 0 Å². The third-order valence-electron chi connectivity index (χ3n) is 2.61. The second kappa shape index (κ2) is 5.96. The third-order valence-corrected chi connectivity index (χ3v) is 2.61. The summed E-state index contributed by atoms with van der Waals surface area (Å²) >= 11 is 0. The first-order valence-electron chi connectivity index (χ1n) is 6.12. The van der Waals surface area contributed by atoms with E-state index in [1.165, 1.54) is 0 Å². The van der Waals surface area contributed by atoms with E-state index in [0.29, 0.717) is 6.54 Å². The van der Waals surface area contributed by atoms with Crippen molar-refractivity contribution in [3.63, 3.8) is 0 Å². The van der Waals surface area contributed by atoms with Gasteiger partial charge in [0.1, 0.15) is 0 Å². The largest absolute Gasteiger partial charge is 0.375 e. The number of nitrogens with two attached hydrogens (primary N) is 1. The first-order valence-corrected chi connectivity index (χ1v) is 6.12. The molecule has 1 fully saturated rings. The van der Waals surface area contributed by atoms with Crippen LogP contribution in [-0.2, 0) is 9.47 Å². The summed E-state index contributed by atoms with van der Waals surface area (Å²) in [7, 11) is 0. The minimum atomic E-state index is -0.0504. The Balaban J connectivity index is 2.26. The Kier molecular flexibility index (Phi) is 5.18. The van der Waals surface area contributed by atoms with Crippen LogP contribution >= 0.6 is 0 Å². The summed E-state index contributed by atoms with van der Waals surface area (Å²) in [6, 6.07) is 0. The maximum Gasteiger partial charge on any atom is 0.0828 e. The van der Waals surface area contributed by atoms with Crippen molar-refractivity contribution in [2.45, 2.75) is 45.5 Å². The van der Waals surface area contributed by atoms with Gasteiger partial charge in [0.2, 0.25) is 0 Å². The zero-order valence-electron chi connectivity index (χ0n) is 11.0. The Hall–Kier alpha value is -0.160. The van der Waals surface area contributed by atoms with Crippen LogP contribution < -0.4 is 5.73 Å². The summed E-state index contributed by atoms with van der Waals surface area (Å²) in [4.78, 5) is 2.37. The van der Waals surface area contributed by atoms with Crippen LogP contribution in [0.3, 0.4) is 0 Å². The molecule has 2 N–H and O–H groups in total. The first kappa shape index (κ1) is 13.9. The van der Waals surface area contributed by atoms with Gasteiger partial charge in [-0.1, -0.05) is 0 Å². The van der Waals surface area contributed by atoms with Crippen molar-refractivity contribution in [3.8, 4) is 0 Å². The van der Waals surface area contributed by atoms with E-state index in [1.54, 1.807) is 0 Å². The number of rotatable bonds is 4. The van der Waals surface area contributed by atoms with E-state index in [0.717, 1.165) is 26.2 Å². The summed E-state index contributed by atoms with van der Waals surface area (Å²) in [6.07, 6.45) is 0.454. The predicted molar refractivity (Wildman–Crippen MR) is 65.5 cm³/mol. The van der Waals surface area contributed by atoms with Crippen molar-refractivity contribution < 1.29 is 9.47 Å². The highest BCUT2D eigenvalue weighted by atomic mass is 16.5. The summed E-state index contributed by atoms with van der Waals surface area (Å²) in [5.74, 6) is 0. The van der Waals surface area contributed by atoms with Crippen LogP contribution in [0.5, 0.6) is 0 Å². The van der Waals surface area contributed by atoms with E-state index in [4.69, 9.17) is 15.2 Å². The monoisotopic (exact) mass is 230 g/mol. The van der Waals surface area contributed by atoms with E-state index in [-0.39, 0.29) is 17.8 Å². The number of morpholine rings is 1. The Labute approximate surface area is 99.1 Å². The molecule has 96 valence electrons. The Morgan fingerprint density at radius 2 is 2.06 bits per heavy atom. The molecule has 0 spiro atoms. The summed E-state index contributed by atoms with van der Waals surface area (Å²) in [6.45, 7) is 12.6. The first-order chi connectivity index (χ1) is 7.40. The van der Waals surface area contributed by atoms with Crippen LogP contribution in [-0.4, -0.2) is 55.5 Å². The Bertz CT molecular complexity index is 204. The molecule has 2 atom stereocenters. The van der Waals surface area contributed by atoms with Crippen molar-refractivity contribution in [1.82, 2.24) is 4.90 Å². The Morgan fingerprint density at radius 1 is 1.38 bits per heavy atom. The Morgan fingerprint density at radius 3 is 2.62 bits per heavy atom. The van der Waals surface area contributed by atoms with Crippen molar-refractivity contribution in [3.05, 3.63) is 0 Å². The minimum absolute atomic E-state index is 0.0504. The number of nitrogens with zero attached hydrogens (tertiary/aromatic N) is 1. The van der Waals surface area contributed by atoms with Gasteiger partial charge in [0.25, 0.3) is 0 Å². The molecule has 0 aromatic carbocycles. The van der Waals surface area contributed by atoms with Crippen molar-refractivity contribution in [1.29, 1.82) is 0 Å². The van der Waals surface area contributed by atoms with Gasteiger partial charge in [0.15, 0.2) is 0 Å². The lowest BCUT2D eigenvalue weighted by molar-refractivity contribution is -0.0845. The highest BCUT2D eigenvalue weighted by Gasteiger charge is 2.24. The fraction of sp³-hybridized carbons (Fsp3) is 1.00. The zero-order valence-corrected chi connectivity index (χ0v) is 11.0. The predicted octanol–water partition coefficient (Wildman–Crippen LogP) is 0.849. The summed E-state index contributed by atoms with van der Waals surface area (Å²) < 4.78 is 11.4. The number of ether oxygens (including phenoxy) is 2. The molecule has 1 heterocycles. The molecule has 0 bridgehead atoms. The van der Waals surface area contributed by atoms with Gasteiger partial charge in [-0.15, -0.1) is 0 Å². The van der Waals surface area contributed by atoms with E-state index < -0.39 is 0 Å². The van der Waals surface area contributed by atoms with Crippen LogP contribution in [0.15, 0.2) is 0 Å².